The molecule has 0 bridgehead atoms. The molecule has 4 heteroatoms. The Bertz CT molecular complexity index is 1880. The predicted molar refractivity (Wildman–Crippen MR) is 168 cm³/mol. The summed E-state index contributed by atoms with van der Waals surface area (Å²) in [6, 6.07) is 44.7. The molecule has 0 saturated heterocycles. The number of hydrogen-bond donors (Lipinski definition) is 0. The van der Waals surface area contributed by atoms with Gasteiger partial charge in [-0.1, -0.05) is 133 Å². The first kappa shape index (κ1) is 20.9. The van der Waals surface area contributed by atoms with Gasteiger partial charge in [-0.2, -0.15) is 0 Å². The summed E-state index contributed by atoms with van der Waals surface area (Å²) in [5, 5.41) is 0. The first-order valence-corrected chi connectivity index (χ1v) is 14.1. The summed E-state index contributed by atoms with van der Waals surface area (Å²) in [6.07, 6.45) is 0. The van der Waals surface area contributed by atoms with Gasteiger partial charge in [0.25, 0.3) is 0 Å². The Kier molecular flexibility index (Phi) is 3.86. The van der Waals surface area contributed by atoms with Crippen LogP contribution in [0.3, 0.4) is 0 Å². The molecular formula is C36H22B2N2. The van der Waals surface area contributed by atoms with Crippen molar-refractivity contribution in [3.8, 4) is 0 Å². The lowest BCUT2D eigenvalue weighted by Crippen LogP contribution is -2.59. The Morgan fingerprint density at radius 3 is 1.30 bits per heavy atom. The number of anilines is 2. The molecule has 5 heterocycles. The van der Waals surface area contributed by atoms with Crippen molar-refractivity contribution in [1.82, 2.24) is 0 Å². The molecule has 5 aliphatic rings. The minimum Gasteiger partial charge on any atom is -0.362 e. The Balaban J connectivity index is 1.38. The number of hydrogen-bond acceptors (Lipinski definition) is 2. The van der Waals surface area contributed by atoms with E-state index in [9.17, 15) is 0 Å². The van der Waals surface area contributed by atoms with E-state index >= 15 is 0 Å². The van der Waals surface area contributed by atoms with Gasteiger partial charge in [0, 0.05) is 16.7 Å². The van der Waals surface area contributed by atoms with E-state index in [2.05, 4.69) is 143 Å². The van der Waals surface area contributed by atoms with Gasteiger partial charge in [-0.05, 0) is 44.3 Å². The lowest BCUT2D eigenvalue weighted by molar-refractivity contribution is 1.20. The first-order valence-electron chi connectivity index (χ1n) is 14.1. The highest BCUT2D eigenvalue weighted by Crippen LogP contribution is 2.59. The molecule has 5 aromatic carbocycles. The standard InChI is InChI=1S/C36H22B2N2/c1-3-11-23(12-4-1)29-21-37-31-17-9-7-15-27(31)33-28-16-8-10-18-32(28)38-22-30(24-13-5-2-6-14-24)26-20-19-25(29)34-35(26)40(38)36(33)39(34)37/h1-22H. The lowest BCUT2D eigenvalue weighted by atomic mass is 9.45. The van der Waals surface area contributed by atoms with Crippen molar-refractivity contribution in [3.05, 3.63) is 172 Å². The van der Waals surface area contributed by atoms with Crippen molar-refractivity contribution < 1.29 is 0 Å². The van der Waals surface area contributed by atoms with Crippen LogP contribution in [0.5, 0.6) is 0 Å². The average molecular weight is 504 g/mol. The van der Waals surface area contributed by atoms with Gasteiger partial charge in [0.1, 0.15) is 0 Å². The molecule has 5 aromatic rings. The summed E-state index contributed by atoms with van der Waals surface area (Å²) in [5.41, 5.74) is 17.3. The SMILES string of the molecule is C1=C(c2ccccc2)c2ccc3c4c2N2B1c1ccccc1C1=C2N4B(C=C3c2ccccc2)c2ccccc21. The summed E-state index contributed by atoms with van der Waals surface area (Å²) in [4.78, 5) is 5.31. The molecule has 0 aromatic heterocycles. The zero-order valence-electron chi connectivity index (χ0n) is 21.8. The Morgan fingerprint density at radius 2 is 0.825 bits per heavy atom. The molecule has 0 aliphatic carbocycles. The van der Waals surface area contributed by atoms with E-state index in [1.807, 2.05) is 0 Å². The highest BCUT2D eigenvalue weighted by atomic mass is 15.4. The average Bonchev–Trinajstić information content (AvgIpc) is 3.39. The maximum atomic E-state index is 2.66. The summed E-state index contributed by atoms with van der Waals surface area (Å²) >= 11 is 0. The van der Waals surface area contributed by atoms with E-state index in [0.717, 1.165) is 0 Å². The minimum absolute atomic E-state index is 0.140. The molecule has 40 heavy (non-hydrogen) atoms. The Labute approximate surface area is 234 Å². The second-order valence-electron chi connectivity index (χ2n) is 11.3. The van der Waals surface area contributed by atoms with Gasteiger partial charge < -0.3 is 9.62 Å². The molecule has 0 N–H and O–H groups in total. The normalized spacial score (nSPS) is 16.5. The van der Waals surface area contributed by atoms with E-state index < -0.39 is 0 Å². The number of nitrogens with zero attached hydrogens (tertiary/aromatic N) is 2. The monoisotopic (exact) mass is 504 g/mol. The maximum absolute atomic E-state index is 2.66. The van der Waals surface area contributed by atoms with Gasteiger partial charge in [-0.25, -0.2) is 0 Å². The molecule has 2 nitrogen and oxygen atoms in total. The van der Waals surface area contributed by atoms with Crippen LogP contribution in [0.15, 0.2) is 139 Å². The molecule has 0 saturated carbocycles. The third-order valence-corrected chi connectivity index (χ3v) is 9.37. The largest absolute Gasteiger partial charge is 0.362 e. The molecule has 5 aliphatic heterocycles. The first-order chi connectivity index (χ1) is 19.9. The van der Waals surface area contributed by atoms with Crippen LogP contribution in [-0.2, 0) is 0 Å². The summed E-state index contributed by atoms with van der Waals surface area (Å²) in [6.45, 7) is 0.279. The smallest absolute Gasteiger partial charge is 0.323 e. The van der Waals surface area contributed by atoms with Crippen molar-refractivity contribution >= 4 is 52.7 Å². The summed E-state index contributed by atoms with van der Waals surface area (Å²) in [5.74, 6) is 6.35. The molecule has 10 rings (SSSR count). The Morgan fingerprint density at radius 1 is 0.400 bits per heavy atom. The molecule has 0 radical (unpaired) electrons. The molecule has 0 amide bonds. The second-order valence-corrected chi connectivity index (χ2v) is 11.3. The topological polar surface area (TPSA) is 6.48 Å². The lowest BCUT2D eigenvalue weighted by Gasteiger charge is -2.44. The maximum Gasteiger partial charge on any atom is 0.323 e. The number of benzene rings is 5. The van der Waals surface area contributed by atoms with Crippen LogP contribution in [0.1, 0.15) is 33.4 Å². The minimum atomic E-state index is 0.140. The van der Waals surface area contributed by atoms with Gasteiger partial charge in [-0.3, -0.25) is 0 Å². The molecule has 0 unspecified atom stereocenters. The van der Waals surface area contributed by atoms with Crippen LogP contribution >= 0.6 is 0 Å². The van der Waals surface area contributed by atoms with E-state index in [1.165, 1.54) is 78.2 Å². The van der Waals surface area contributed by atoms with Gasteiger partial charge in [0.2, 0.25) is 0 Å². The fourth-order valence-corrected chi connectivity index (χ4v) is 7.80. The van der Waals surface area contributed by atoms with Crippen molar-refractivity contribution in [3.63, 3.8) is 0 Å². The number of rotatable bonds is 2. The molecule has 0 atom stereocenters. The molecule has 0 fully saturated rings. The third-order valence-electron chi connectivity index (χ3n) is 9.37. The fourth-order valence-electron chi connectivity index (χ4n) is 7.80. The zero-order chi connectivity index (χ0) is 25.9. The van der Waals surface area contributed by atoms with E-state index in [4.69, 9.17) is 0 Å². The zero-order valence-corrected chi connectivity index (χ0v) is 21.8. The summed E-state index contributed by atoms with van der Waals surface area (Å²) < 4.78 is 0. The third kappa shape index (κ3) is 2.44. The quantitative estimate of drug-likeness (QED) is 0.267. The molecule has 182 valence electrons. The number of fused-ring (bicyclic) bond motifs is 6. The van der Waals surface area contributed by atoms with Gasteiger partial charge in [0.15, 0.2) is 0 Å². The van der Waals surface area contributed by atoms with Crippen LogP contribution in [0.4, 0.5) is 11.4 Å². The summed E-state index contributed by atoms with van der Waals surface area (Å²) in [7, 11) is 0. The highest BCUT2D eigenvalue weighted by molar-refractivity contribution is 6.89. The van der Waals surface area contributed by atoms with Crippen molar-refractivity contribution in [2.24, 2.45) is 0 Å². The van der Waals surface area contributed by atoms with Crippen LogP contribution in [-0.4, -0.2) is 13.7 Å². The van der Waals surface area contributed by atoms with E-state index in [1.54, 1.807) is 0 Å². The second kappa shape index (κ2) is 7.37. The van der Waals surface area contributed by atoms with Crippen LogP contribution < -0.4 is 20.5 Å². The predicted octanol–water partition coefficient (Wildman–Crippen LogP) is 6.12. The van der Waals surface area contributed by atoms with Crippen LogP contribution in [0, 0.1) is 0 Å². The van der Waals surface area contributed by atoms with E-state index in [0.29, 0.717) is 0 Å². The Hall–Kier alpha value is -4.95. The van der Waals surface area contributed by atoms with Crippen molar-refractivity contribution in [2.75, 3.05) is 9.62 Å². The van der Waals surface area contributed by atoms with Gasteiger partial charge in [0.05, 0.1) is 17.2 Å². The van der Waals surface area contributed by atoms with Crippen LogP contribution in [0.2, 0.25) is 0 Å². The van der Waals surface area contributed by atoms with Gasteiger partial charge in [-0.15, -0.1) is 0 Å². The highest BCUT2D eigenvalue weighted by Gasteiger charge is 2.54. The molecule has 0 spiro atoms. The van der Waals surface area contributed by atoms with Crippen molar-refractivity contribution in [2.45, 2.75) is 0 Å². The molecular weight excluding hydrogens is 482 g/mol. The fraction of sp³-hybridized carbons (Fsp3) is 0. The van der Waals surface area contributed by atoms with E-state index in [-0.39, 0.29) is 13.7 Å². The van der Waals surface area contributed by atoms with Gasteiger partial charge >= 0.3 is 13.7 Å². The van der Waals surface area contributed by atoms with Crippen molar-refractivity contribution in [1.29, 1.82) is 0 Å². The van der Waals surface area contributed by atoms with Crippen LogP contribution in [0.25, 0.3) is 16.7 Å².